The summed E-state index contributed by atoms with van der Waals surface area (Å²) in [5.74, 6) is 0. The summed E-state index contributed by atoms with van der Waals surface area (Å²) in [6.07, 6.45) is 0. The van der Waals surface area contributed by atoms with Crippen molar-refractivity contribution in [1.29, 1.82) is 5.26 Å². The Labute approximate surface area is 104 Å². The van der Waals surface area contributed by atoms with Crippen LogP contribution in [0.5, 0.6) is 0 Å². The molecule has 1 rings (SSSR count). The third-order valence-electron chi connectivity index (χ3n) is 2.91. The van der Waals surface area contributed by atoms with E-state index in [1.807, 2.05) is 24.3 Å². The molecule has 0 aliphatic carbocycles. The van der Waals surface area contributed by atoms with E-state index in [4.69, 9.17) is 11.0 Å². The third kappa shape index (κ3) is 3.76. The molecule has 0 heterocycles. The molecule has 0 aliphatic heterocycles. The van der Waals surface area contributed by atoms with Crippen LogP contribution in [0.2, 0.25) is 0 Å². The first-order valence-electron chi connectivity index (χ1n) is 5.97. The summed E-state index contributed by atoms with van der Waals surface area (Å²) >= 11 is 0. The van der Waals surface area contributed by atoms with E-state index in [9.17, 15) is 0 Å². The second kappa shape index (κ2) is 5.70. The molecule has 0 fully saturated rings. The maximum Gasteiger partial charge on any atom is 0.0991 e. The molecule has 3 nitrogen and oxygen atoms in total. The Bertz CT molecular complexity index is 387. The Morgan fingerprint density at radius 2 is 1.88 bits per heavy atom. The number of nitrogens with two attached hydrogens (primary N) is 1. The van der Waals surface area contributed by atoms with Crippen molar-refractivity contribution >= 4 is 5.69 Å². The summed E-state index contributed by atoms with van der Waals surface area (Å²) in [5.41, 5.74) is 7.71. The van der Waals surface area contributed by atoms with Gasteiger partial charge < -0.3 is 10.6 Å². The van der Waals surface area contributed by atoms with Crippen molar-refractivity contribution in [3.8, 4) is 6.07 Å². The van der Waals surface area contributed by atoms with Crippen LogP contribution in [-0.4, -0.2) is 19.6 Å². The molecule has 0 aromatic heterocycles. The molecule has 0 amide bonds. The lowest BCUT2D eigenvalue weighted by atomic mass is 9.93. The van der Waals surface area contributed by atoms with E-state index in [0.29, 0.717) is 12.1 Å². The van der Waals surface area contributed by atoms with E-state index in [-0.39, 0.29) is 5.41 Å². The first kappa shape index (κ1) is 13.5. The minimum Gasteiger partial charge on any atom is -0.371 e. The second-order valence-electron chi connectivity index (χ2n) is 5.04. The van der Waals surface area contributed by atoms with Crippen LogP contribution in [-0.2, 0) is 0 Å². The molecule has 0 saturated heterocycles. The van der Waals surface area contributed by atoms with E-state index in [0.717, 1.165) is 18.8 Å². The van der Waals surface area contributed by atoms with E-state index in [2.05, 4.69) is 31.7 Å². The molecule has 1 aromatic rings. The number of rotatable bonds is 5. The number of anilines is 1. The highest BCUT2D eigenvalue weighted by molar-refractivity contribution is 5.49. The van der Waals surface area contributed by atoms with Crippen LogP contribution in [0.3, 0.4) is 0 Å². The van der Waals surface area contributed by atoms with Gasteiger partial charge in [-0.15, -0.1) is 0 Å². The molecular formula is C14H21N3. The molecule has 0 radical (unpaired) electrons. The Kier molecular flexibility index (Phi) is 4.53. The fraction of sp³-hybridized carbons (Fsp3) is 0.500. The van der Waals surface area contributed by atoms with Crippen LogP contribution >= 0.6 is 0 Å². The summed E-state index contributed by atoms with van der Waals surface area (Å²) in [6.45, 7) is 8.99. The summed E-state index contributed by atoms with van der Waals surface area (Å²) in [7, 11) is 0. The van der Waals surface area contributed by atoms with Gasteiger partial charge in [0.05, 0.1) is 11.6 Å². The molecule has 92 valence electrons. The Hall–Kier alpha value is -1.53. The van der Waals surface area contributed by atoms with E-state index in [1.54, 1.807) is 0 Å². The van der Waals surface area contributed by atoms with Gasteiger partial charge in [0.1, 0.15) is 0 Å². The molecule has 3 heteroatoms. The highest BCUT2D eigenvalue weighted by Crippen LogP contribution is 2.21. The van der Waals surface area contributed by atoms with E-state index >= 15 is 0 Å². The van der Waals surface area contributed by atoms with Crippen LogP contribution in [0, 0.1) is 16.7 Å². The van der Waals surface area contributed by atoms with Gasteiger partial charge in [-0.1, -0.05) is 13.8 Å². The molecule has 0 unspecified atom stereocenters. The molecular weight excluding hydrogens is 210 g/mol. The maximum atomic E-state index is 8.77. The minimum absolute atomic E-state index is 0.101. The number of hydrogen-bond acceptors (Lipinski definition) is 3. The molecule has 2 N–H and O–H groups in total. The Balaban J connectivity index is 2.83. The molecule has 0 atom stereocenters. The first-order chi connectivity index (χ1) is 8.02. The number of hydrogen-bond donors (Lipinski definition) is 1. The predicted molar refractivity (Wildman–Crippen MR) is 71.9 cm³/mol. The molecule has 0 bridgehead atoms. The van der Waals surface area contributed by atoms with Gasteiger partial charge in [-0.2, -0.15) is 5.26 Å². The highest BCUT2D eigenvalue weighted by Gasteiger charge is 2.19. The average Bonchev–Trinajstić information content (AvgIpc) is 2.36. The van der Waals surface area contributed by atoms with Gasteiger partial charge in [-0.05, 0) is 43.1 Å². The van der Waals surface area contributed by atoms with Crippen LogP contribution in [0.4, 0.5) is 5.69 Å². The standard InChI is InChI=1S/C14H21N3/c1-4-17(11-14(2,3)10-16)13-7-5-12(9-15)6-8-13/h5-8H,4,10-11,16H2,1-3H3. The first-order valence-corrected chi connectivity index (χ1v) is 5.97. The van der Waals surface area contributed by atoms with Crippen LogP contribution in [0.15, 0.2) is 24.3 Å². The second-order valence-corrected chi connectivity index (χ2v) is 5.04. The fourth-order valence-corrected chi connectivity index (χ4v) is 1.71. The van der Waals surface area contributed by atoms with Gasteiger partial charge in [0.2, 0.25) is 0 Å². The van der Waals surface area contributed by atoms with Crippen molar-refractivity contribution < 1.29 is 0 Å². The van der Waals surface area contributed by atoms with Crippen molar-refractivity contribution in [3.63, 3.8) is 0 Å². The quantitative estimate of drug-likeness (QED) is 0.846. The number of nitrogens with zero attached hydrogens (tertiary/aromatic N) is 2. The van der Waals surface area contributed by atoms with E-state index < -0.39 is 0 Å². The summed E-state index contributed by atoms with van der Waals surface area (Å²) < 4.78 is 0. The zero-order chi connectivity index (χ0) is 12.9. The highest BCUT2D eigenvalue weighted by atomic mass is 15.1. The van der Waals surface area contributed by atoms with Gasteiger partial charge in [0, 0.05) is 18.8 Å². The van der Waals surface area contributed by atoms with Crippen molar-refractivity contribution in [2.75, 3.05) is 24.5 Å². The van der Waals surface area contributed by atoms with Gasteiger partial charge in [0.25, 0.3) is 0 Å². The molecule has 0 spiro atoms. The van der Waals surface area contributed by atoms with Crippen molar-refractivity contribution in [2.45, 2.75) is 20.8 Å². The van der Waals surface area contributed by atoms with Gasteiger partial charge in [-0.3, -0.25) is 0 Å². The monoisotopic (exact) mass is 231 g/mol. The summed E-state index contributed by atoms with van der Waals surface area (Å²) in [4.78, 5) is 2.29. The maximum absolute atomic E-state index is 8.77. The molecule has 1 aromatic carbocycles. The topological polar surface area (TPSA) is 53.0 Å². The molecule has 0 saturated carbocycles. The lowest BCUT2D eigenvalue weighted by Gasteiger charge is -2.32. The minimum atomic E-state index is 0.101. The predicted octanol–water partition coefficient (Wildman–Crippen LogP) is 2.37. The van der Waals surface area contributed by atoms with Crippen molar-refractivity contribution in [1.82, 2.24) is 0 Å². The largest absolute Gasteiger partial charge is 0.371 e. The third-order valence-corrected chi connectivity index (χ3v) is 2.91. The van der Waals surface area contributed by atoms with Crippen LogP contribution < -0.4 is 10.6 Å². The molecule has 0 aliphatic rings. The lowest BCUT2D eigenvalue weighted by molar-refractivity contribution is 0.380. The fourth-order valence-electron chi connectivity index (χ4n) is 1.71. The normalized spacial score (nSPS) is 11.0. The van der Waals surface area contributed by atoms with E-state index in [1.165, 1.54) is 0 Å². The van der Waals surface area contributed by atoms with Crippen LogP contribution in [0.1, 0.15) is 26.3 Å². The van der Waals surface area contributed by atoms with Crippen molar-refractivity contribution in [3.05, 3.63) is 29.8 Å². The Morgan fingerprint density at radius 1 is 1.29 bits per heavy atom. The number of benzene rings is 1. The van der Waals surface area contributed by atoms with Gasteiger partial charge in [-0.25, -0.2) is 0 Å². The van der Waals surface area contributed by atoms with Gasteiger partial charge in [0.15, 0.2) is 0 Å². The summed E-state index contributed by atoms with van der Waals surface area (Å²) in [6, 6.07) is 9.83. The SMILES string of the molecule is CCN(CC(C)(C)CN)c1ccc(C#N)cc1. The summed E-state index contributed by atoms with van der Waals surface area (Å²) in [5, 5.41) is 8.77. The van der Waals surface area contributed by atoms with Crippen molar-refractivity contribution in [2.24, 2.45) is 11.1 Å². The Morgan fingerprint density at radius 3 is 2.29 bits per heavy atom. The smallest absolute Gasteiger partial charge is 0.0991 e. The lowest BCUT2D eigenvalue weighted by Crippen LogP contribution is -2.38. The van der Waals surface area contributed by atoms with Gasteiger partial charge >= 0.3 is 0 Å². The van der Waals surface area contributed by atoms with Crippen LogP contribution in [0.25, 0.3) is 0 Å². The number of nitriles is 1. The zero-order valence-electron chi connectivity index (χ0n) is 10.9. The average molecular weight is 231 g/mol. The molecule has 17 heavy (non-hydrogen) atoms. The zero-order valence-corrected chi connectivity index (χ0v) is 10.9.